The fourth-order valence-corrected chi connectivity index (χ4v) is 4.76. The number of benzene rings is 2. The highest BCUT2D eigenvalue weighted by Crippen LogP contribution is 2.42. The van der Waals surface area contributed by atoms with Crippen LogP contribution >= 0.6 is 0 Å². The predicted octanol–water partition coefficient (Wildman–Crippen LogP) is 2.70. The molecule has 2 aromatic heterocycles. The molecule has 1 saturated carbocycles. The number of amides is 1. The summed E-state index contributed by atoms with van der Waals surface area (Å²) >= 11 is 0. The summed E-state index contributed by atoms with van der Waals surface area (Å²) in [6, 6.07) is 8.64. The first-order valence-electron chi connectivity index (χ1n) is 11.9. The van der Waals surface area contributed by atoms with Gasteiger partial charge in [-0.3, -0.25) is 4.79 Å². The number of halogens is 1. The number of nitrogens with one attached hydrogen (secondary N) is 1. The molecule has 1 fully saturated rings. The van der Waals surface area contributed by atoms with Gasteiger partial charge in [0.2, 0.25) is 11.9 Å². The maximum atomic E-state index is 15.1. The maximum absolute atomic E-state index is 15.1. The lowest BCUT2D eigenvalue weighted by molar-refractivity contribution is 0.0976. The maximum Gasteiger partial charge on any atom is 0.261 e. The normalized spacial score (nSPS) is 15.1. The van der Waals surface area contributed by atoms with E-state index in [0.717, 1.165) is 24.0 Å². The van der Waals surface area contributed by atoms with Gasteiger partial charge in [-0.25, -0.2) is 9.07 Å². The minimum Gasteiger partial charge on any atom is -0.392 e. The molecule has 0 radical (unpaired) electrons. The molecule has 37 heavy (non-hydrogen) atoms. The number of fused-ring (bicyclic) bond motifs is 1. The van der Waals surface area contributed by atoms with Crippen molar-refractivity contribution in [1.82, 2.24) is 29.9 Å². The zero-order valence-corrected chi connectivity index (χ0v) is 20.0. The van der Waals surface area contributed by atoms with E-state index >= 15 is 4.39 Å². The number of hydrogen-bond donors (Lipinski definition) is 3. The summed E-state index contributed by atoms with van der Waals surface area (Å²) in [7, 11) is 1.71. The molecule has 4 N–H and O–H groups in total. The Kier molecular flexibility index (Phi) is 5.52. The Morgan fingerprint density at radius 3 is 2.78 bits per heavy atom. The lowest BCUT2D eigenvalue weighted by Crippen LogP contribution is -2.39. The first-order chi connectivity index (χ1) is 17.9. The summed E-state index contributed by atoms with van der Waals surface area (Å²) in [5, 5.41) is 21.0. The van der Waals surface area contributed by atoms with Gasteiger partial charge in [-0.1, -0.05) is 23.4 Å². The third-order valence-electron chi connectivity index (χ3n) is 6.75. The number of aliphatic hydroxyl groups excluding tert-OH is 1. The molecule has 3 heterocycles. The van der Waals surface area contributed by atoms with Gasteiger partial charge < -0.3 is 21.1 Å². The van der Waals surface area contributed by atoms with Gasteiger partial charge in [0.1, 0.15) is 5.82 Å². The number of carbonyl (C=O) groups excluding carboxylic acids is 1. The summed E-state index contributed by atoms with van der Waals surface area (Å²) < 4.78 is 16.6. The van der Waals surface area contributed by atoms with E-state index in [4.69, 9.17) is 5.73 Å². The van der Waals surface area contributed by atoms with Gasteiger partial charge in [-0.15, -0.1) is 5.10 Å². The molecule has 4 aromatic rings. The van der Waals surface area contributed by atoms with E-state index in [-0.39, 0.29) is 23.3 Å². The molecule has 12 heteroatoms. The smallest absolute Gasteiger partial charge is 0.261 e. The number of hydrogen-bond acceptors (Lipinski definition) is 9. The van der Waals surface area contributed by atoms with Crippen LogP contribution in [-0.4, -0.2) is 47.5 Å². The topological polar surface area (TPSA) is 148 Å². The van der Waals surface area contributed by atoms with Crippen LogP contribution < -0.4 is 16.0 Å². The van der Waals surface area contributed by atoms with Crippen LogP contribution in [0, 0.1) is 5.82 Å². The van der Waals surface area contributed by atoms with Crippen LogP contribution in [0.2, 0.25) is 0 Å². The minimum atomic E-state index is -0.499. The highest BCUT2D eigenvalue weighted by Gasteiger charge is 2.33. The zero-order chi connectivity index (χ0) is 25.7. The molecule has 0 saturated heterocycles. The number of rotatable bonds is 6. The van der Waals surface area contributed by atoms with Crippen molar-refractivity contribution in [3.05, 3.63) is 64.6 Å². The Morgan fingerprint density at radius 2 is 2.05 bits per heavy atom. The fourth-order valence-electron chi connectivity index (χ4n) is 4.76. The second-order valence-electron chi connectivity index (χ2n) is 9.19. The first-order valence-corrected chi connectivity index (χ1v) is 11.9. The highest BCUT2D eigenvalue weighted by molar-refractivity contribution is 6.09. The van der Waals surface area contributed by atoms with E-state index in [0.29, 0.717) is 41.5 Å². The summed E-state index contributed by atoms with van der Waals surface area (Å²) in [4.78, 5) is 27.8. The van der Waals surface area contributed by atoms with Gasteiger partial charge in [0.25, 0.3) is 5.91 Å². The van der Waals surface area contributed by atoms with Gasteiger partial charge in [0, 0.05) is 24.7 Å². The van der Waals surface area contributed by atoms with Crippen LogP contribution in [-0.2, 0) is 20.1 Å². The molecule has 11 nitrogen and oxygen atoms in total. The van der Waals surface area contributed by atoms with Crippen molar-refractivity contribution < 1.29 is 14.3 Å². The van der Waals surface area contributed by atoms with Crippen LogP contribution in [0.1, 0.15) is 45.8 Å². The lowest BCUT2D eigenvalue weighted by atomic mass is 9.93. The van der Waals surface area contributed by atoms with Crippen molar-refractivity contribution >= 4 is 29.3 Å². The van der Waals surface area contributed by atoms with Gasteiger partial charge in [-0.05, 0) is 48.4 Å². The first kappa shape index (κ1) is 23.0. The lowest BCUT2D eigenvalue weighted by Gasteiger charge is -2.31. The van der Waals surface area contributed by atoms with Crippen LogP contribution in [0.15, 0.2) is 36.5 Å². The second kappa shape index (κ2) is 8.89. The Hall–Kier alpha value is -4.45. The van der Waals surface area contributed by atoms with Gasteiger partial charge in [0.05, 0.1) is 24.1 Å². The van der Waals surface area contributed by atoms with E-state index < -0.39 is 18.3 Å². The molecule has 2 aliphatic rings. The molecule has 2 aromatic carbocycles. The van der Waals surface area contributed by atoms with Crippen LogP contribution in [0.25, 0.3) is 11.4 Å². The number of aryl methyl sites for hydroxylation is 1. The molecule has 0 atom stereocenters. The van der Waals surface area contributed by atoms with E-state index in [1.165, 1.54) is 21.8 Å². The Balaban J connectivity index is 1.37. The summed E-state index contributed by atoms with van der Waals surface area (Å²) in [5.41, 5.74) is 9.11. The van der Waals surface area contributed by atoms with Crippen LogP contribution in [0.5, 0.6) is 0 Å². The van der Waals surface area contributed by atoms with Crippen LogP contribution in [0.3, 0.4) is 0 Å². The molecule has 188 valence electrons. The van der Waals surface area contributed by atoms with E-state index in [1.807, 2.05) is 6.07 Å². The monoisotopic (exact) mass is 501 g/mol. The van der Waals surface area contributed by atoms with E-state index in [1.54, 1.807) is 25.2 Å². The number of aliphatic hydroxyl groups is 1. The summed E-state index contributed by atoms with van der Waals surface area (Å²) in [6.45, 7) is -0.0409. The molecule has 1 amide bonds. The predicted molar refractivity (Wildman–Crippen MR) is 134 cm³/mol. The number of aromatic nitrogens is 6. The number of anilines is 4. The molecule has 0 spiro atoms. The summed E-state index contributed by atoms with van der Waals surface area (Å²) in [5.74, 6) is 0.341. The SMILES string of the molecule is Cn1nncc1Nc1nc(N)nc(-c2cccc(N3CCc4cc(C5CC5)cc(F)c4C3=O)c2CO)n1. The van der Waals surface area contributed by atoms with Crippen LogP contribution in [0.4, 0.5) is 27.8 Å². The Morgan fingerprint density at radius 1 is 1.22 bits per heavy atom. The van der Waals surface area contributed by atoms with Crippen molar-refractivity contribution in [1.29, 1.82) is 0 Å². The van der Waals surface area contributed by atoms with Gasteiger partial charge in [-0.2, -0.15) is 15.0 Å². The van der Waals surface area contributed by atoms with Crippen molar-refractivity contribution in [2.75, 3.05) is 22.5 Å². The largest absolute Gasteiger partial charge is 0.392 e. The molecule has 1 aliphatic carbocycles. The van der Waals surface area contributed by atoms with Crippen molar-refractivity contribution in [2.24, 2.45) is 7.05 Å². The number of nitrogens with zero attached hydrogens (tertiary/aromatic N) is 7. The van der Waals surface area contributed by atoms with Crippen molar-refractivity contribution in [3.8, 4) is 11.4 Å². The quantitative estimate of drug-likeness (QED) is 0.363. The zero-order valence-electron chi connectivity index (χ0n) is 20.0. The van der Waals surface area contributed by atoms with E-state index in [9.17, 15) is 9.90 Å². The van der Waals surface area contributed by atoms with Crippen molar-refractivity contribution in [3.63, 3.8) is 0 Å². The van der Waals surface area contributed by atoms with Gasteiger partial charge in [0.15, 0.2) is 11.6 Å². The average Bonchev–Trinajstić information content (AvgIpc) is 3.66. The molecule has 6 rings (SSSR count). The molecular weight excluding hydrogens is 477 g/mol. The molecule has 1 aliphatic heterocycles. The fraction of sp³-hybridized carbons (Fsp3) is 0.280. The molecule has 0 unspecified atom stereocenters. The average molecular weight is 502 g/mol. The third-order valence-corrected chi connectivity index (χ3v) is 6.75. The van der Waals surface area contributed by atoms with Gasteiger partial charge >= 0.3 is 0 Å². The molecule has 0 bridgehead atoms. The van der Waals surface area contributed by atoms with Crippen molar-refractivity contribution in [2.45, 2.75) is 31.8 Å². The van der Waals surface area contributed by atoms with E-state index in [2.05, 4.69) is 30.6 Å². The highest BCUT2D eigenvalue weighted by atomic mass is 19.1. The standard InChI is InChI=1S/C25H24FN9O2/c1-34-20(11-28-33-34)29-25-31-22(30-24(27)32-25)16-3-2-4-19(17(16)12-36)35-8-7-14-9-15(13-5-6-13)10-18(26)21(14)23(35)37/h2-4,9-11,13,36H,5-8,12H2,1H3,(H3,27,29,30,31,32). The number of nitrogen functional groups attached to an aromatic ring is 1. The minimum absolute atomic E-state index is 0.0339. The Labute approximate surface area is 211 Å². The second-order valence-corrected chi connectivity index (χ2v) is 9.19. The summed E-state index contributed by atoms with van der Waals surface area (Å²) in [6.07, 6.45) is 4.14. The molecular formula is C25H24FN9O2. The Bertz CT molecular complexity index is 1530. The third kappa shape index (κ3) is 4.14. The number of nitrogens with two attached hydrogens (primary N) is 1. The number of carbonyl (C=O) groups is 1.